The quantitative estimate of drug-likeness (QED) is 0.490. The Kier molecular flexibility index (Phi) is 4.52. The van der Waals surface area contributed by atoms with Crippen LogP contribution in [0.4, 0.5) is 5.69 Å². The zero-order valence-corrected chi connectivity index (χ0v) is 20.6. The molecule has 0 radical (unpaired) electrons. The van der Waals surface area contributed by atoms with Crippen molar-refractivity contribution in [2.24, 2.45) is 29.6 Å². The number of aromatic nitrogens is 1. The molecule has 0 unspecified atom stereocenters. The number of thioether (sulfide) groups is 1. The minimum absolute atomic E-state index is 0.0373. The fraction of sp³-hybridized carbons (Fsp3) is 0.346. The normalized spacial score (nSPS) is 33.2. The number of rotatable bonds is 2. The van der Waals surface area contributed by atoms with Crippen LogP contribution < -0.4 is 9.77 Å². The molecule has 5 nitrogen and oxygen atoms in total. The zero-order valence-electron chi connectivity index (χ0n) is 18.2. The minimum atomic E-state index is -0.293. The van der Waals surface area contributed by atoms with Crippen molar-refractivity contribution < 1.29 is 9.59 Å². The first-order valence-electron chi connectivity index (χ1n) is 11.5. The molecule has 2 aliphatic heterocycles. The van der Waals surface area contributed by atoms with Gasteiger partial charge >= 0.3 is 4.87 Å². The van der Waals surface area contributed by atoms with Crippen LogP contribution in [0.25, 0.3) is 0 Å². The maximum Gasteiger partial charge on any atom is 0.305 e. The summed E-state index contributed by atoms with van der Waals surface area (Å²) in [6.45, 7) is 2.11. The van der Waals surface area contributed by atoms with Crippen LogP contribution in [-0.4, -0.2) is 22.0 Å². The molecule has 7 atom stereocenters. The molecule has 1 saturated heterocycles. The fourth-order valence-electron chi connectivity index (χ4n) is 7.15. The first-order valence-corrected chi connectivity index (χ1v) is 13.6. The van der Waals surface area contributed by atoms with Gasteiger partial charge in [0.25, 0.3) is 0 Å². The fourth-order valence-corrected chi connectivity index (χ4v) is 10.2. The van der Waals surface area contributed by atoms with Crippen molar-refractivity contribution in [2.45, 2.75) is 29.5 Å². The molecule has 2 amide bonds. The van der Waals surface area contributed by atoms with Crippen LogP contribution in [0, 0.1) is 36.5 Å². The molecular formula is C26H21ClN2O3S2. The molecule has 1 N–H and O–H groups in total. The van der Waals surface area contributed by atoms with E-state index in [1.54, 1.807) is 36.0 Å². The summed E-state index contributed by atoms with van der Waals surface area (Å²) in [5, 5.41) is 1.72. The Morgan fingerprint density at radius 2 is 1.68 bits per heavy atom. The predicted molar refractivity (Wildman–Crippen MR) is 134 cm³/mol. The van der Waals surface area contributed by atoms with Crippen LogP contribution >= 0.6 is 34.7 Å². The Morgan fingerprint density at radius 3 is 2.41 bits per heavy atom. The van der Waals surface area contributed by atoms with Crippen molar-refractivity contribution in [3.05, 3.63) is 79.2 Å². The van der Waals surface area contributed by atoms with E-state index in [4.69, 9.17) is 11.6 Å². The van der Waals surface area contributed by atoms with Gasteiger partial charge in [-0.3, -0.25) is 19.3 Å². The van der Waals surface area contributed by atoms with Gasteiger partial charge in [-0.2, -0.15) is 0 Å². The Balaban J connectivity index is 1.34. The Morgan fingerprint density at radius 1 is 0.971 bits per heavy atom. The molecule has 172 valence electrons. The molecule has 3 aromatic rings. The second-order valence-corrected chi connectivity index (χ2v) is 12.4. The van der Waals surface area contributed by atoms with E-state index in [1.807, 2.05) is 6.07 Å². The number of hydrogen-bond acceptors (Lipinski definition) is 5. The number of carbonyl (C=O) groups is 2. The molecule has 2 aliphatic carbocycles. The zero-order chi connectivity index (χ0) is 23.3. The maximum absolute atomic E-state index is 13.7. The number of H-pyrrole nitrogens is 1. The number of thiazole rings is 1. The Hall–Kier alpha value is -2.35. The highest BCUT2D eigenvalue weighted by atomic mass is 35.5. The lowest BCUT2D eigenvalue weighted by molar-refractivity contribution is -0.123. The van der Waals surface area contributed by atoms with Crippen LogP contribution in [0.2, 0.25) is 5.02 Å². The number of nitrogens with one attached hydrogen (secondary N) is 1. The third kappa shape index (κ3) is 2.72. The van der Waals surface area contributed by atoms with Crippen LogP contribution in [0.15, 0.2) is 58.4 Å². The summed E-state index contributed by atoms with van der Waals surface area (Å²) in [6, 6.07) is 15.3. The number of anilines is 1. The van der Waals surface area contributed by atoms with Gasteiger partial charge in [-0.25, -0.2) is 0 Å². The molecular weight excluding hydrogens is 488 g/mol. The van der Waals surface area contributed by atoms with Crippen molar-refractivity contribution in [2.75, 3.05) is 4.90 Å². The number of aromatic amines is 1. The standard InChI is InChI=1S/C26H21ClN2O3S2/c1-11-4-2-3-5-14(11)17-18-15-10-16(21(18)33-23-22(17)34-26(32)28-23)20-19(15)24(30)29(25(20)31)13-8-6-12(27)7-9-13/h2-9,15-21H,10H2,1H3,(H,28,32)/t15-,16+,17-,18+,19+,20-,21-/m1/s1. The molecule has 34 heavy (non-hydrogen) atoms. The number of fused-ring (bicyclic) bond motifs is 9. The van der Waals surface area contributed by atoms with Gasteiger partial charge in [-0.15, -0.1) is 11.8 Å². The first kappa shape index (κ1) is 21.0. The van der Waals surface area contributed by atoms with Crippen molar-refractivity contribution in [1.29, 1.82) is 0 Å². The van der Waals surface area contributed by atoms with Gasteiger partial charge in [-0.1, -0.05) is 47.2 Å². The number of amides is 2. The number of nitrogens with zero attached hydrogens (tertiary/aromatic N) is 1. The smallest absolute Gasteiger partial charge is 0.305 e. The molecule has 0 spiro atoms. The Labute approximate surface area is 209 Å². The number of halogens is 1. The van der Waals surface area contributed by atoms with E-state index in [0.717, 1.165) is 16.3 Å². The van der Waals surface area contributed by atoms with Gasteiger partial charge in [0.2, 0.25) is 11.8 Å². The van der Waals surface area contributed by atoms with E-state index < -0.39 is 0 Å². The highest BCUT2D eigenvalue weighted by molar-refractivity contribution is 8.00. The van der Waals surface area contributed by atoms with Crippen LogP contribution in [0.1, 0.15) is 28.3 Å². The number of hydrogen-bond donors (Lipinski definition) is 1. The minimum Gasteiger partial charge on any atom is -0.307 e. The number of benzene rings is 2. The maximum atomic E-state index is 13.7. The third-order valence-electron chi connectivity index (χ3n) is 8.33. The molecule has 4 aliphatic rings. The molecule has 7 rings (SSSR count). The predicted octanol–water partition coefficient (Wildman–Crippen LogP) is 5.08. The van der Waals surface area contributed by atoms with Crippen LogP contribution in [-0.2, 0) is 9.59 Å². The van der Waals surface area contributed by atoms with E-state index in [9.17, 15) is 14.4 Å². The summed E-state index contributed by atoms with van der Waals surface area (Å²) in [4.78, 5) is 45.2. The van der Waals surface area contributed by atoms with E-state index in [1.165, 1.54) is 27.4 Å². The molecule has 1 aromatic heterocycles. The van der Waals surface area contributed by atoms with Gasteiger partial charge in [0, 0.05) is 21.1 Å². The van der Waals surface area contributed by atoms with E-state index in [2.05, 4.69) is 30.1 Å². The lowest BCUT2D eigenvalue weighted by Crippen LogP contribution is -2.42. The number of aryl methyl sites for hydroxylation is 1. The second kappa shape index (κ2) is 7.33. The molecule has 3 fully saturated rings. The summed E-state index contributed by atoms with van der Waals surface area (Å²) in [5.74, 6) is -0.207. The lowest BCUT2D eigenvalue weighted by Gasteiger charge is -2.43. The molecule has 2 bridgehead atoms. The van der Waals surface area contributed by atoms with Gasteiger partial charge in [-0.05, 0) is 66.5 Å². The van der Waals surface area contributed by atoms with Crippen molar-refractivity contribution in [3.63, 3.8) is 0 Å². The average Bonchev–Trinajstić information content (AvgIpc) is 3.54. The molecule has 2 saturated carbocycles. The second-order valence-electron chi connectivity index (χ2n) is 9.81. The summed E-state index contributed by atoms with van der Waals surface area (Å²) >= 11 is 9.06. The topological polar surface area (TPSA) is 70.2 Å². The molecule has 8 heteroatoms. The lowest BCUT2D eigenvalue weighted by atomic mass is 9.67. The molecule has 2 aromatic carbocycles. The van der Waals surface area contributed by atoms with E-state index in [0.29, 0.717) is 10.7 Å². The summed E-state index contributed by atoms with van der Waals surface area (Å²) in [5.41, 5.74) is 3.02. The number of carbonyl (C=O) groups excluding carboxylic acids is 2. The summed E-state index contributed by atoms with van der Waals surface area (Å²) in [7, 11) is 0. The third-order valence-corrected chi connectivity index (χ3v) is 11.2. The van der Waals surface area contributed by atoms with Crippen molar-refractivity contribution in [1.82, 2.24) is 4.98 Å². The highest BCUT2D eigenvalue weighted by Gasteiger charge is 2.69. The van der Waals surface area contributed by atoms with Crippen LogP contribution in [0.3, 0.4) is 0 Å². The highest BCUT2D eigenvalue weighted by Crippen LogP contribution is 2.68. The SMILES string of the molecule is Cc1ccccc1[C@H]1c2sc(=O)[nH]c2S[C@@H]2[C@H]3C[C@@H]([C@@H]4C(=O)N(c5ccc(Cl)cc5)C(=O)[C@H]34)[C@@H]12. The van der Waals surface area contributed by atoms with Gasteiger partial charge in [0.1, 0.15) is 0 Å². The molecule has 3 heterocycles. The van der Waals surface area contributed by atoms with Crippen molar-refractivity contribution >= 4 is 52.2 Å². The van der Waals surface area contributed by atoms with Crippen molar-refractivity contribution in [3.8, 4) is 0 Å². The van der Waals surface area contributed by atoms with Crippen LogP contribution in [0.5, 0.6) is 0 Å². The number of imide groups is 1. The van der Waals surface area contributed by atoms with E-state index >= 15 is 0 Å². The van der Waals surface area contributed by atoms with Gasteiger partial charge in [0.05, 0.1) is 22.5 Å². The summed E-state index contributed by atoms with van der Waals surface area (Å²) in [6.07, 6.45) is 0.894. The van der Waals surface area contributed by atoms with Gasteiger partial charge < -0.3 is 4.98 Å². The average molecular weight is 509 g/mol. The monoisotopic (exact) mass is 508 g/mol. The Bertz CT molecular complexity index is 1410. The van der Waals surface area contributed by atoms with E-state index in [-0.39, 0.29) is 57.4 Å². The summed E-state index contributed by atoms with van der Waals surface area (Å²) < 4.78 is 0. The first-order chi connectivity index (χ1) is 16.4. The van der Waals surface area contributed by atoms with Gasteiger partial charge in [0.15, 0.2) is 0 Å². The largest absolute Gasteiger partial charge is 0.307 e.